The molecule has 1 rings (SSSR count). The maximum atomic E-state index is 12.8. The Morgan fingerprint density at radius 1 is 1.40 bits per heavy atom. The summed E-state index contributed by atoms with van der Waals surface area (Å²) in [7, 11) is 0. The van der Waals surface area contributed by atoms with Crippen LogP contribution in [0.5, 0.6) is 0 Å². The normalized spacial score (nSPS) is 23.1. The summed E-state index contributed by atoms with van der Waals surface area (Å²) in [6.45, 7) is 2.56. The van der Waals surface area contributed by atoms with Crippen LogP contribution in [0, 0.1) is 5.92 Å². The van der Waals surface area contributed by atoms with Crippen molar-refractivity contribution in [3.63, 3.8) is 0 Å². The van der Waals surface area contributed by atoms with E-state index < -0.39 is 29.5 Å². The lowest BCUT2D eigenvalue weighted by Gasteiger charge is -2.37. The average Bonchev–Trinajstić information content (AvgIpc) is 2.37. The fourth-order valence-corrected chi connectivity index (χ4v) is 2.06. The highest BCUT2D eigenvalue weighted by Crippen LogP contribution is 2.31. The van der Waals surface area contributed by atoms with Crippen LogP contribution in [0.3, 0.4) is 0 Å². The third-order valence-corrected chi connectivity index (χ3v) is 3.36. The number of rotatable bonds is 3. The summed E-state index contributed by atoms with van der Waals surface area (Å²) >= 11 is 0. The van der Waals surface area contributed by atoms with Gasteiger partial charge in [-0.25, -0.2) is 0 Å². The summed E-state index contributed by atoms with van der Waals surface area (Å²) in [4.78, 5) is 24.5. The zero-order valence-corrected chi connectivity index (χ0v) is 11.5. The molecular formula is C12H19F3N2O3. The van der Waals surface area contributed by atoms with Crippen LogP contribution in [0.1, 0.15) is 26.7 Å². The Bertz CT molecular complexity index is 383. The van der Waals surface area contributed by atoms with E-state index in [-0.39, 0.29) is 19.7 Å². The van der Waals surface area contributed by atoms with E-state index in [0.717, 1.165) is 4.90 Å². The largest absolute Gasteiger partial charge is 0.466 e. The van der Waals surface area contributed by atoms with Crippen LogP contribution in [0.4, 0.5) is 13.2 Å². The second kappa shape index (κ2) is 5.99. The maximum absolute atomic E-state index is 12.8. The number of likely N-dealkylation sites (tertiary alicyclic amines) is 1. The van der Waals surface area contributed by atoms with Gasteiger partial charge in [0.1, 0.15) is 0 Å². The molecule has 20 heavy (non-hydrogen) atoms. The van der Waals surface area contributed by atoms with Crippen LogP contribution in [0.2, 0.25) is 0 Å². The summed E-state index contributed by atoms with van der Waals surface area (Å²) in [5, 5.41) is 0. The smallest absolute Gasteiger partial charge is 0.415 e. The van der Waals surface area contributed by atoms with Gasteiger partial charge in [-0.15, -0.1) is 0 Å². The number of hydrogen-bond donors (Lipinski definition) is 1. The first-order valence-corrected chi connectivity index (χ1v) is 6.43. The Kier molecular flexibility index (Phi) is 5.01. The summed E-state index contributed by atoms with van der Waals surface area (Å²) in [6, 6.07) is 0. The second-order valence-electron chi connectivity index (χ2n) is 5.04. The minimum atomic E-state index is -4.83. The Morgan fingerprint density at radius 3 is 2.50 bits per heavy atom. The number of alkyl halides is 3. The Labute approximate surface area is 115 Å². The molecule has 1 aliphatic heterocycles. The van der Waals surface area contributed by atoms with Crippen molar-refractivity contribution >= 4 is 11.9 Å². The van der Waals surface area contributed by atoms with Crippen molar-refractivity contribution in [2.24, 2.45) is 11.7 Å². The van der Waals surface area contributed by atoms with E-state index in [1.54, 1.807) is 6.92 Å². The van der Waals surface area contributed by atoms with Gasteiger partial charge in [-0.2, -0.15) is 13.2 Å². The van der Waals surface area contributed by atoms with Gasteiger partial charge in [-0.3, -0.25) is 9.59 Å². The first-order chi connectivity index (χ1) is 9.11. The number of carbonyl (C=O) groups is 2. The maximum Gasteiger partial charge on any atom is 0.415 e. The predicted molar refractivity (Wildman–Crippen MR) is 64.6 cm³/mol. The van der Waals surface area contributed by atoms with Crippen LogP contribution < -0.4 is 5.73 Å². The molecule has 0 aliphatic carbocycles. The molecule has 2 N–H and O–H groups in total. The van der Waals surface area contributed by atoms with Gasteiger partial charge in [0, 0.05) is 13.1 Å². The number of ether oxygens (including phenoxy) is 1. The second-order valence-corrected chi connectivity index (χ2v) is 5.04. The number of amides is 1. The molecule has 0 spiro atoms. The van der Waals surface area contributed by atoms with E-state index in [4.69, 9.17) is 10.5 Å². The number of piperidine rings is 1. The fourth-order valence-electron chi connectivity index (χ4n) is 2.06. The van der Waals surface area contributed by atoms with Gasteiger partial charge < -0.3 is 15.4 Å². The number of esters is 1. The summed E-state index contributed by atoms with van der Waals surface area (Å²) in [5.74, 6) is -2.29. The topological polar surface area (TPSA) is 72.6 Å². The van der Waals surface area contributed by atoms with E-state index in [0.29, 0.717) is 19.8 Å². The minimum absolute atomic E-state index is 0.0828. The quantitative estimate of drug-likeness (QED) is 0.791. The zero-order valence-electron chi connectivity index (χ0n) is 11.5. The van der Waals surface area contributed by atoms with Crippen molar-refractivity contribution < 1.29 is 27.5 Å². The van der Waals surface area contributed by atoms with Crippen molar-refractivity contribution in [2.75, 3.05) is 19.7 Å². The highest BCUT2D eigenvalue weighted by Gasteiger charge is 2.55. The van der Waals surface area contributed by atoms with E-state index >= 15 is 0 Å². The first kappa shape index (κ1) is 16.7. The van der Waals surface area contributed by atoms with Crippen molar-refractivity contribution in [3.8, 4) is 0 Å². The lowest BCUT2D eigenvalue weighted by atomic mass is 9.94. The molecule has 2 atom stereocenters. The molecule has 2 unspecified atom stereocenters. The molecule has 116 valence electrons. The standard InChI is InChI=1S/C12H19F3N2O3/c1-3-20-9(18)8-5-4-6-17(7-8)10(19)11(2,16)12(13,14)15/h8H,3-7,16H2,1-2H3. The van der Waals surface area contributed by atoms with E-state index in [1.807, 2.05) is 0 Å². The molecule has 1 fully saturated rings. The Hall–Kier alpha value is -1.31. The van der Waals surface area contributed by atoms with E-state index in [9.17, 15) is 22.8 Å². The molecule has 1 aliphatic rings. The molecule has 5 nitrogen and oxygen atoms in total. The van der Waals surface area contributed by atoms with Crippen LogP contribution in [-0.2, 0) is 14.3 Å². The van der Waals surface area contributed by atoms with Crippen LogP contribution in [0.15, 0.2) is 0 Å². The average molecular weight is 296 g/mol. The van der Waals surface area contributed by atoms with Crippen molar-refractivity contribution in [3.05, 3.63) is 0 Å². The van der Waals surface area contributed by atoms with Gasteiger partial charge in [0.25, 0.3) is 5.91 Å². The van der Waals surface area contributed by atoms with E-state index in [2.05, 4.69) is 0 Å². The third kappa shape index (κ3) is 3.41. The summed E-state index contributed by atoms with van der Waals surface area (Å²) in [6.07, 6.45) is -3.89. The number of nitrogens with two attached hydrogens (primary N) is 1. The number of hydrogen-bond acceptors (Lipinski definition) is 4. The highest BCUT2D eigenvalue weighted by molar-refractivity contribution is 5.87. The monoisotopic (exact) mass is 296 g/mol. The Balaban J connectivity index is 2.77. The van der Waals surface area contributed by atoms with Crippen LogP contribution >= 0.6 is 0 Å². The molecular weight excluding hydrogens is 277 g/mol. The van der Waals surface area contributed by atoms with Crippen molar-refractivity contribution in [2.45, 2.75) is 38.4 Å². The van der Waals surface area contributed by atoms with Crippen molar-refractivity contribution in [1.29, 1.82) is 0 Å². The number of nitrogens with zero attached hydrogens (tertiary/aromatic N) is 1. The molecule has 1 amide bonds. The highest BCUT2D eigenvalue weighted by atomic mass is 19.4. The van der Waals surface area contributed by atoms with Gasteiger partial charge in [0.15, 0.2) is 5.54 Å². The van der Waals surface area contributed by atoms with Gasteiger partial charge in [0.05, 0.1) is 12.5 Å². The van der Waals surface area contributed by atoms with Gasteiger partial charge >= 0.3 is 12.1 Å². The lowest BCUT2D eigenvalue weighted by molar-refractivity contribution is -0.194. The SMILES string of the molecule is CCOC(=O)C1CCCN(C(=O)C(C)(N)C(F)(F)F)C1. The van der Waals surface area contributed by atoms with Crippen LogP contribution in [-0.4, -0.2) is 48.2 Å². The molecule has 0 bridgehead atoms. The lowest BCUT2D eigenvalue weighted by Crippen LogP contribution is -2.63. The molecule has 1 saturated heterocycles. The molecule has 0 aromatic heterocycles. The molecule has 0 aromatic carbocycles. The Morgan fingerprint density at radius 2 is 2.00 bits per heavy atom. The van der Waals surface area contributed by atoms with Gasteiger partial charge in [-0.05, 0) is 26.7 Å². The van der Waals surface area contributed by atoms with Gasteiger partial charge in [-0.1, -0.05) is 0 Å². The van der Waals surface area contributed by atoms with Crippen molar-refractivity contribution in [1.82, 2.24) is 4.90 Å². The third-order valence-electron chi connectivity index (χ3n) is 3.36. The molecule has 0 aromatic rings. The zero-order chi connectivity index (χ0) is 15.6. The molecule has 0 radical (unpaired) electrons. The molecule has 0 saturated carbocycles. The fraction of sp³-hybridized carbons (Fsp3) is 0.833. The van der Waals surface area contributed by atoms with Crippen LogP contribution in [0.25, 0.3) is 0 Å². The molecule has 8 heteroatoms. The summed E-state index contributed by atoms with van der Waals surface area (Å²) < 4.78 is 43.1. The summed E-state index contributed by atoms with van der Waals surface area (Å²) in [5.41, 5.74) is 2.18. The van der Waals surface area contributed by atoms with Gasteiger partial charge in [0.2, 0.25) is 0 Å². The number of carbonyl (C=O) groups excluding carboxylic acids is 2. The number of halogens is 3. The predicted octanol–water partition coefficient (Wildman–Crippen LogP) is 1.07. The minimum Gasteiger partial charge on any atom is -0.466 e. The van der Waals surface area contributed by atoms with E-state index in [1.165, 1.54) is 0 Å². The molecule has 1 heterocycles. The first-order valence-electron chi connectivity index (χ1n) is 6.43.